The zero-order chi connectivity index (χ0) is 12.3. The highest BCUT2D eigenvalue weighted by atomic mass is 32.2. The van der Waals surface area contributed by atoms with Crippen molar-refractivity contribution in [2.75, 3.05) is 0 Å². The SMILES string of the molecule is Cc1ccnc(Sc2ccccc2C(=O)O)n1. The molecule has 0 fully saturated rings. The molecule has 0 spiro atoms. The lowest BCUT2D eigenvalue weighted by Crippen LogP contribution is -1.98. The van der Waals surface area contributed by atoms with E-state index in [4.69, 9.17) is 5.11 Å². The van der Waals surface area contributed by atoms with Gasteiger partial charge in [-0.2, -0.15) is 0 Å². The van der Waals surface area contributed by atoms with Crippen molar-refractivity contribution in [1.29, 1.82) is 0 Å². The topological polar surface area (TPSA) is 63.1 Å². The number of carboxylic acid groups (broad SMARTS) is 1. The van der Waals surface area contributed by atoms with Crippen molar-refractivity contribution in [3.8, 4) is 0 Å². The third-order valence-corrected chi connectivity index (χ3v) is 3.05. The molecule has 5 heteroatoms. The van der Waals surface area contributed by atoms with Crippen LogP contribution in [0.3, 0.4) is 0 Å². The van der Waals surface area contributed by atoms with Crippen molar-refractivity contribution in [3.05, 3.63) is 47.8 Å². The molecule has 0 saturated heterocycles. The van der Waals surface area contributed by atoms with Gasteiger partial charge in [-0.3, -0.25) is 0 Å². The molecule has 0 bridgehead atoms. The minimum absolute atomic E-state index is 0.266. The molecule has 0 unspecified atom stereocenters. The number of benzene rings is 1. The lowest BCUT2D eigenvalue weighted by molar-refractivity contribution is 0.0693. The van der Waals surface area contributed by atoms with Crippen molar-refractivity contribution < 1.29 is 9.90 Å². The largest absolute Gasteiger partial charge is 0.478 e. The first-order chi connectivity index (χ1) is 8.16. The van der Waals surface area contributed by atoms with Gasteiger partial charge in [0.1, 0.15) is 0 Å². The maximum Gasteiger partial charge on any atom is 0.336 e. The maximum absolute atomic E-state index is 11.0. The second-order valence-corrected chi connectivity index (χ2v) is 4.39. The minimum atomic E-state index is -0.944. The van der Waals surface area contributed by atoms with E-state index in [1.54, 1.807) is 36.5 Å². The fourth-order valence-corrected chi connectivity index (χ4v) is 2.22. The number of nitrogens with zero attached hydrogens (tertiary/aromatic N) is 2. The summed E-state index contributed by atoms with van der Waals surface area (Å²) in [7, 11) is 0. The molecule has 0 amide bonds. The summed E-state index contributed by atoms with van der Waals surface area (Å²) in [4.78, 5) is 20.0. The van der Waals surface area contributed by atoms with Gasteiger partial charge in [0.15, 0.2) is 5.16 Å². The number of hydrogen-bond acceptors (Lipinski definition) is 4. The van der Waals surface area contributed by atoms with Crippen molar-refractivity contribution in [2.45, 2.75) is 17.0 Å². The monoisotopic (exact) mass is 246 g/mol. The van der Waals surface area contributed by atoms with Crippen LogP contribution in [0.5, 0.6) is 0 Å². The van der Waals surface area contributed by atoms with Gasteiger partial charge in [-0.25, -0.2) is 14.8 Å². The summed E-state index contributed by atoms with van der Waals surface area (Å²) in [5, 5.41) is 9.60. The van der Waals surface area contributed by atoms with E-state index in [-0.39, 0.29) is 5.56 Å². The molecule has 1 aromatic carbocycles. The normalized spacial score (nSPS) is 10.2. The molecule has 0 aliphatic rings. The predicted octanol–water partition coefficient (Wildman–Crippen LogP) is 2.63. The summed E-state index contributed by atoms with van der Waals surface area (Å²) in [5.74, 6) is -0.944. The van der Waals surface area contributed by atoms with E-state index in [1.807, 2.05) is 6.92 Å². The van der Waals surface area contributed by atoms with Crippen LogP contribution >= 0.6 is 11.8 Å². The molecular formula is C12H10N2O2S. The van der Waals surface area contributed by atoms with Crippen LogP contribution in [0.4, 0.5) is 0 Å². The smallest absolute Gasteiger partial charge is 0.336 e. The summed E-state index contributed by atoms with van der Waals surface area (Å²) >= 11 is 1.25. The van der Waals surface area contributed by atoms with E-state index in [0.29, 0.717) is 10.1 Å². The highest BCUT2D eigenvalue weighted by Gasteiger charge is 2.11. The molecule has 0 atom stereocenters. The Hall–Kier alpha value is -1.88. The van der Waals surface area contributed by atoms with Crippen LogP contribution < -0.4 is 0 Å². The van der Waals surface area contributed by atoms with Gasteiger partial charge < -0.3 is 5.11 Å². The first kappa shape index (κ1) is 11.6. The summed E-state index contributed by atoms with van der Waals surface area (Å²) in [6, 6.07) is 8.61. The van der Waals surface area contributed by atoms with Gasteiger partial charge in [-0.15, -0.1) is 0 Å². The fourth-order valence-electron chi connectivity index (χ4n) is 1.31. The summed E-state index contributed by atoms with van der Waals surface area (Å²) in [5.41, 5.74) is 1.12. The first-order valence-electron chi connectivity index (χ1n) is 4.96. The van der Waals surface area contributed by atoms with E-state index in [0.717, 1.165) is 5.69 Å². The molecule has 1 heterocycles. The average molecular weight is 246 g/mol. The van der Waals surface area contributed by atoms with Crippen LogP contribution in [-0.4, -0.2) is 21.0 Å². The van der Waals surface area contributed by atoms with Crippen LogP contribution in [0.1, 0.15) is 16.1 Å². The van der Waals surface area contributed by atoms with Gasteiger partial charge in [0.05, 0.1) is 5.56 Å². The van der Waals surface area contributed by atoms with Crippen molar-refractivity contribution in [1.82, 2.24) is 9.97 Å². The number of rotatable bonds is 3. The van der Waals surface area contributed by atoms with Crippen LogP contribution in [0.2, 0.25) is 0 Å². The Kier molecular flexibility index (Phi) is 3.39. The van der Waals surface area contributed by atoms with Crippen molar-refractivity contribution in [3.63, 3.8) is 0 Å². The minimum Gasteiger partial charge on any atom is -0.478 e. The number of aromatic carboxylic acids is 1. The summed E-state index contributed by atoms with van der Waals surface area (Å²) < 4.78 is 0. The lowest BCUT2D eigenvalue weighted by atomic mass is 10.2. The lowest BCUT2D eigenvalue weighted by Gasteiger charge is -2.04. The molecule has 0 radical (unpaired) electrons. The second-order valence-electron chi connectivity index (χ2n) is 3.38. The van der Waals surface area contributed by atoms with E-state index < -0.39 is 5.97 Å². The molecule has 0 saturated carbocycles. The molecule has 17 heavy (non-hydrogen) atoms. The molecule has 0 aliphatic heterocycles. The number of hydrogen-bond donors (Lipinski definition) is 1. The summed E-state index contributed by atoms with van der Waals surface area (Å²) in [6.45, 7) is 1.87. The number of carboxylic acids is 1. The van der Waals surface area contributed by atoms with Gasteiger partial charge in [0.2, 0.25) is 0 Å². The van der Waals surface area contributed by atoms with Gasteiger partial charge in [-0.05, 0) is 36.9 Å². The van der Waals surface area contributed by atoms with Crippen molar-refractivity contribution >= 4 is 17.7 Å². The molecule has 4 nitrogen and oxygen atoms in total. The van der Waals surface area contributed by atoms with Crippen molar-refractivity contribution in [2.24, 2.45) is 0 Å². The molecule has 0 aliphatic carbocycles. The average Bonchev–Trinajstić information content (AvgIpc) is 2.29. The quantitative estimate of drug-likeness (QED) is 0.843. The Morgan fingerprint density at radius 3 is 2.76 bits per heavy atom. The molecule has 2 rings (SSSR count). The van der Waals surface area contributed by atoms with Crippen LogP contribution in [-0.2, 0) is 0 Å². The predicted molar refractivity (Wildman–Crippen MR) is 64.3 cm³/mol. The Balaban J connectivity index is 2.33. The highest BCUT2D eigenvalue weighted by Crippen LogP contribution is 2.27. The molecule has 86 valence electrons. The zero-order valence-corrected chi connectivity index (χ0v) is 9.94. The maximum atomic E-state index is 11.0. The Labute approximate surface area is 103 Å². The molecule has 1 aromatic heterocycles. The zero-order valence-electron chi connectivity index (χ0n) is 9.12. The third-order valence-electron chi connectivity index (χ3n) is 2.09. The van der Waals surface area contributed by atoms with Crippen LogP contribution in [0.25, 0.3) is 0 Å². The van der Waals surface area contributed by atoms with Gasteiger partial charge in [-0.1, -0.05) is 12.1 Å². The van der Waals surface area contributed by atoms with Gasteiger partial charge in [0, 0.05) is 16.8 Å². The second kappa shape index (κ2) is 4.97. The fraction of sp³-hybridized carbons (Fsp3) is 0.0833. The van der Waals surface area contributed by atoms with Gasteiger partial charge >= 0.3 is 5.97 Å². The van der Waals surface area contributed by atoms with E-state index in [2.05, 4.69) is 9.97 Å². The Bertz CT molecular complexity index is 558. The van der Waals surface area contributed by atoms with E-state index in [1.165, 1.54) is 11.8 Å². The third kappa shape index (κ3) is 2.82. The number of aromatic nitrogens is 2. The molecule has 2 aromatic rings. The highest BCUT2D eigenvalue weighted by molar-refractivity contribution is 7.99. The number of aryl methyl sites for hydroxylation is 1. The van der Waals surface area contributed by atoms with E-state index >= 15 is 0 Å². The van der Waals surface area contributed by atoms with Gasteiger partial charge in [0.25, 0.3) is 0 Å². The first-order valence-corrected chi connectivity index (χ1v) is 5.78. The number of carbonyl (C=O) groups is 1. The summed E-state index contributed by atoms with van der Waals surface area (Å²) in [6.07, 6.45) is 1.66. The molecular weight excluding hydrogens is 236 g/mol. The Morgan fingerprint density at radius 2 is 2.06 bits per heavy atom. The molecule has 1 N–H and O–H groups in total. The Morgan fingerprint density at radius 1 is 1.29 bits per heavy atom. The van der Waals surface area contributed by atoms with E-state index in [9.17, 15) is 4.79 Å². The van der Waals surface area contributed by atoms with Crippen LogP contribution in [0.15, 0.2) is 46.6 Å². The standard InChI is InChI=1S/C12H10N2O2S/c1-8-6-7-13-12(14-8)17-10-5-3-2-4-9(10)11(15)16/h2-7H,1H3,(H,15,16). The van der Waals surface area contributed by atoms with Crippen LogP contribution in [0, 0.1) is 6.92 Å².